The first-order chi connectivity index (χ1) is 9.26. The zero-order valence-corrected chi connectivity index (χ0v) is 13.2. The van der Waals surface area contributed by atoms with Crippen molar-refractivity contribution < 1.29 is 0 Å². The molecule has 1 nitrogen and oxygen atoms in total. The lowest BCUT2D eigenvalue weighted by Gasteiger charge is -2.16. The summed E-state index contributed by atoms with van der Waals surface area (Å²) < 4.78 is 0. The number of benzene rings is 1. The normalized spacial score (nSPS) is 12.6. The Balaban J connectivity index is 2.35. The van der Waals surface area contributed by atoms with Crippen LogP contribution in [0.1, 0.15) is 51.0 Å². The van der Waals surface area contributed by atoms with Gasteiger partial charge in [-0.15, -0.1) is 0 Å². The first-order valence-electron chi connectivity index (χ1n) is 7.65. The summed E-state index contributed by atoms with van der Waals surface area (Å²) in [5.41, 5.74) is 1.36. The van der Waals surface area contributed by atoms with Crippen LogP contribution < -0.4 is 5.32 Å². The molecule has 1 rings (SSSR count). The smallest absolute Gasteiger partial charge is 0.0408 e. The fourth-order valence-electron chi connectivity index (χ4n) is 2.60. The van der Waals surface area contributed by atoms with Gasteiger partial charge in [-0.25, -0.2) is 0 Å². The number of hydrogen-bond acceptors (Lipinski definition) is 1. The van der Waals surface area contributed by atoms with Crippen molar-refractivity contribution in [3.63, 3.8) is 0 Å². The van der Waals surface area contributed by atoms with Crippen molar-refractivity contribution in [3.8, 4) is 0 Å². The first-order valence-corrected chi connectivity index (χ1v) is 8.03. The van der Waals surface area contributed by atoms with Crippen molar-refractivity contribution in [1.82, 2.24) is 5.32 Å². The monoisotopic (exact) mass is 281 g/mol. The predicted octanol–water partition coefficient (Wildman–Crippen LogP) is 5.08. The van der Waals surface area contributed by atoms with Gasteiger partial charge >= 0.3 is 0 Å². The van der Waals surface area contributed by atoms with E-state index in [0.29, 0.717) is 0 Å². The molecular formula is C17H28ClN. The van der Waals surface area contributed by atoms with E-state index < -0.39 is 0 Å². The molecule has 0 bridgehead atoms. The van der Waals surface area contributed by atoms with E-state index in [0.717, 1.165) is 23.9 Å². The quantitative estimate of drug-likeness (QED) is 0.590. The van der Waals surface area contributed by atoms with Crippen molar-refractivity contribution in [3.05, 3.63) is 34.9 Å². The van der Waals surface area contributed by atoms with Crippen LogP contribution in [0.15, 0.2) is 24.3 Å². The summed E-state index contributed by atoms with van der Waals surface area (Å²) in [6, 6.07) is 8.28. The van der Waals surface area contributed by atoms with Gasteiger partial charge in [-0.05, 0) is 50.0 Å². The number of nitrogens with one attached hydrogen (secondary N) is 1. The molecule has 1 unspecified atom stereocenters. The number of unbranched alkanes of at least 4 members (excludes halogenated alkanes) is 4. The Morgan fingerprint density at radius 3 is 2.63 bits per heavy atom. The highest BCUT2D eigenvalue weighted by Crippen LogP contribution is 2.18. The molecule has 0 saturated carbocycles. The molecule has 0 amide bonds. The van der Waals surface area contributed by atoms with Gasteiger partial charge in [-0.3, -0.25) is 0 Å². The van der Waals surface area contributed by atoms with Gasteiger partial charge in [0, 0.05) is 5.02 Å². The van der Waals surface area contributed by atoms with Gasteiger partial charge in [0.1, 0.15) is 0 Å². The zero-order chi connectivity index (χ0) is 13.9. The Bertz CT molecular complexity index is 338. The van der Waals surface area contributed by atoms with Crippen LogP contribution in [0.2, 0.25) is 5.02 Å². The highest BCUT2D eigenvalue weighted by molar-refractivity contribution is 6.30. The molecule has 0 radical (unpaired) electrons. The van der Waals surface area contributed by atoms with Crippen molar-refractivity contribution in [2.45, 2.75) is 51.9 Å². The minimum atomic E-state index is 0.727. The van der Waals surface area contributed by atoms with E-state index in [4.69, 9.17) is 11.6 Å². The lowest BCUT2D eigenvalue weighted by atomic mass is 9.93. The van der Waals surface area contributed by atoms with Crippen LogP contribution in [0, 0.1) is 5.92 Å². The average molecular weight is 282 g/mol. The first kappa shape index (κ1) is 16.5. The molecular weight excluding hydrogens is 254 g/mol. The molecule has 0 aliphatic heterocycles. The van der Waals surface area contributed by atoms with Gasteiger partial charge in [0.2, 0.25) is 0 Å². The van der Waals surface area contributed by atoms with Crippen LogP contribution in [0.25, 0.3) is 0 Å². The van der Waals surface area contributed by atoms with Crippen LogP contribution in [0.4, 0.5) is 0 Å². The summed E-state index contributed by atoms with van der Waals surface area (Å²) in [6.45, 7) is 3.36. The summed E-state index contributed by atoms with van der Waals surface area (Å²) >= 11 is 6.05. The van der Waals surface area contributed by atoms with Crippen molar-refractivity contribution >= 4 is 11.6 Å². The average Bonchev–Trinajstić information content (AvgIpc) is 2.38. The van der Waals surface area contributed by atoms with E-state index in [1.165, 1.54) is 44.1 Å². The van der Waals surface area contributed by atoms with Gasteiger partial charge < -0.3 is 5.32 Å². The standard InChI is InChI=1S/C17H28ClN/c1-3-4-5-6-7-9-16(14-19-2)12-15-10-8-11-17(18)13-15/h8,10-11,13,16,19H,3-7,9,12,14H2,1-2H3. The highest BCUT2D eigenvalue weighted by Gasteiger charge is 2.09. The van der Waals surface area contributed by atoms with E-state index in [1.807, 2.05) is 13.1 Å². The van der Waals surface area contributed by atoms with Crippen molar-refractivity contribution in [2.24, 2.45) is 5.92 Å². The second-order valence-corrected chi connectivity index (χ2v) is 5.90. The molecule has 2 heteroatoms. The van der Waals surface area contributed by atoms with Gasteiger partial charge in [0.15, 0.2) is 0 Å². The molecule has 0 saturated heterocycles. The number of rotatable bonds is 10. The second kappa shape index (κ2) is 10.3. The summed E-state index contributed by atoms with van der Waals surface area (Å²) in [6.07, 6.45) is 9.27. The fourth-order valence-corrected chi connectivity index (χ4v) is 2.81. The maximum absolute atomic E-state index is 6.05. The Morgan fingerprint density at radius 1 is 1.16 bits per heavy atom. The third kappa shape index (κ3) is 7.59. The molecule has 0 fully saturated rings. The minimum Gasteiger partial charge on any atom is -0.319 e. The predicted molar refractivity (Wildman–Crippen MR) is 85.9 cm³/mol. The fraction of sp³-hybridized carbons (Fsp3) is 0.647. The molecule has 1 atom stereocenters. The lowest BCUT2D eigenvalue weighted by molar-refractivity contribution is 0.433. The highest BCUT2D eigenvalue weighted by atomic mass is 35.5. The summed E-state index contributed by atoms with van der Waals surface area (Å²) in [4.78, 5) is 0. The van der Waals surface area contributed by atoms with Crippen LogP contribution in [0.3, 0.4) is 0 Å². The van der Waals surface area contributed by atoms with Crippen molar-refractivity contribution in [2.75, 3.05) is 13.6 Å². The Hall–Kier alpha value is -0.530. The van der Waals surface area contributed by atoms with Crippen LogP contribution >= 0.6 is 11.6 Å². The summed E-state index contributed by atoms with van der Waals surface area (Å²) in [5.74, 6) is 0.727. The summed E-state index contributed by atoms with van der Waals surface area (Å²) in [5, 5.41) is 4.17. The molecule has 0 aliphatic rings. The van der Waals surface area contributed by atoms with E-state index >= 15 is 0 Å². The number of halogens is 1. The topological polar surface area (TPSA) is 12.0 Å². The molecule has 108 valence electrons. The van der Waals surface area contributed by atoms with Gasteiger partial charge in [0.05, 0.1) is 0 Å². The third-order valence-electron chi connectivity index (χ3n) is 3.62. The zero-order valence-electron chi connectivity index (χ0n) is 12.4. The summed E-state index contributed by atoms with van der Waals surface area (Å²) in [7, 11) is 2.04. The molecule has 1 aromatic carbocycles. The van der Waals surface area contributed by atoms with E-state index in [2.05, 4.69) is 30.4 Å². The van der Waals surface area contributed by atoms with E-state index in [9.17, 15) is 0 Å². The van der Waals surface area contributed by atoms with Crippen LogP contribution in [0.5, 0.6) is 0 Å². The van der Waals surface area contributed by atoms with Crippen LogP contribution in [-0.2, 0) is 6.42 Å². The van der Waals surface area contributed by atoms with Gasteiger partial charge in [-0.1, -0.05) is 62.8 Å². The van der Waals surface area contributed by atoms with Gasteiger partial charge in [-0.2, -0.15) is 0 Å². The van der Waals surface area contributed by atoms with E-state index in [1.54, 1.807) is 0 Å². The molecule has 19 heavy (non-hydrogen) atoms. The molecule has 0 spiro atoms. The Kier molecular flexibility index (Phi) is 8.94. The lowest BCUT2D eigenvalue weighted by Crippen LogP contribution is -2.20. The molecule has 1 N–H and O–H groups in total. The molecule has 1 aromatic rings. The Labute approximate surface area is 123 Å². The van der Waals surface area contributed by atoms with Crippen LogP contribution in [-0.4, -0.2) is 13.6 Å². The molecule has 0 heterocycles. The van der Waals surface area contributed by atoms with Crippen molar-refractivity contribution in [1.29, 1.82) is 0 Å². The Morgan fingerprint density at radius 2 is 1.95 bits per heavy atom. The van der Waals surface area contributed by atoms with E-state index in [-0.39, 0.29) is 0 Å². The maximum atomic E-state index is 6.05. The minimum absolute atomic E-state index is 0.727. The van der Waals surface area contributed by atoms with Gasteiger partial charge in [0.25, 0.3) is 0 Å². The SMILES string of the molecule is CCCCCCCC(CNC)Cc1cccc(Cl)c1. The second-order valence-electron chi connectivity index (χ2n) is 5.46. The number of hydrogen-bond donors (Lipinski definition) is 1. The molecule has 0 aromatic heterocycles. The molecule has 0 aliphatic carbocycles. The maximum Gasteiger partial charge on any atom is 0.0408 e. The third-order valence-corrected chi connectivity index (χ3v) is 3.86. The largest absolute Gasteiger partial charge is 0.319 e.